The van der Waals surface area contributed by atoms with Crippen LogP contribution in [0.5, 0.6) is 0 Å². The maximum atomic E-state index is 12.6. The molecule has 1 N–H and O–H groups in total. The molecule has 2 unspecified atom stereocenters. The molecule has 1 heterocycles. The van der Waals surface area contributed by atoms with Gasteiger partial charge in [0.2, 0.25) is 0 Å². The molecule has 2 atom stereocenters. The highest BCUT2D eigenvalue weighted by molar-refractivity contribution is 5.95. The van der Waals surface area contributed by atoms with E-state index < -0.39 is 4.92 Å². The first-order valence-electron chi connectivity index (χ1n) is 9.03. The monoisotopic (exact) mass is 363 g/mol. The van der Waals surface area contributed by atoms with Crippen molar-refractivity contribution in [1.29, 1.82) is 0 Å². The molecule has 0 radical (unpaired) electrons. The Morgan fingerprint density at radius 3 is 2.81 bits per heavy atom. The van der Waals surface area contributed by atoms with Crippen LogP contribution < -0.4 is 5.32 Å². The molecule has 142 valence electrons. The van der Waals surface area contributed by atoms with E-state index in [0.29, 0.717) is 37.6 Å². The smallest absolute Gasteiger partial charge is 0.293 e. The lowest BCUT2D eigenvalue weighted by atomic mass is 9.92. The average molecular weight is 363 g/mol. The number of nitro benzene ring substituents is 1. The molecular formula is C18H25N3O5. The zero-order chi connectivity index (χ0) is 18.5. The number of nitrogens with one attached hydrogen (secondary N) is 1. The van der Waals surface area contributed by atoms with E-state index in [1.54, 1.807) is 24.1 Å². The Balaban J connectivity index is 1.76. The summed E-state index contributed by atoms with van der Waals surface area (Å²) in [6.07, 6.45) is 4.00. The first-order chi connectivity index (χ1) is 12.6. The maximum absolute atomic E-state index is 12.6. The molecule has 2 aliphatic rings. The molecule has 26 heavy (non-hydrogen) atoms. The molecule has 0 bridgehead atoms. The Hall–Kier alpha value is -2.19. The second-order valence-electron chi connectivity index (χ2n) is 6.76. The van der Waals surface area contributed by atoms with Crippen LogP contribution in [0, 0.1) is 10.1 Å². The molecule has 8 heteroatoms. The van der Waals surface area contributed by atoms with E-state index >= 15 is 0 Å². The van der Waals surface area contributed by atoms with Gasteiger partial charge in [-0.25, -0.2) is 0 Å². The number of methoxy groups -OCH3 is 1. The molecule has 2 fully saturated rings. The largest absolute Gasteiger partial charge is 0.381 e. The lowest BCUT2D eigenvalue weighted by Gasteiger charge is -2.29. The Labute approximate surface area is 152 Å². The van der Waals surface area contributed by atoms with Crippen molar-refractivity contribution in [3.63, 3.8) is 0 Å². The highest BCUT2D eigenvalue weighted by atomic mass is 16.6. The molecule has 8 nitrogen and oxygen atoms in total. The summed E-state index contributed by atoms with van der Waals surface area (Å²) in [5.41, 5.74) is 0.724. The van der Waals surface area contributed by atoms with E-state index in [9.17, 15) is 14.9 Å². The van der Waals surface area contributed by atoms with Crippen molar-refractivity contribution < 1.29 is 19.2 Å². The number of amides is 1. The van der Waals surface area contributed by atoms with Crippen LogP contribution in [0.2, 0.25) is 0 Å². The summed E-state index contributed by atoms with van der Waals surface area (Å²) in [4.78, 5) is 25.3. The van der Waals surface area contributed by atoms with Crippen molar-refractivity contribution in [1.82, 2.24) is 4.90 Å². The van der Waals surface area contributed by atoms with Crippen molar-refractivity contribution in [3.8, 4) is 0 Å². The summed E-state index contributed by atoms with van der Waals surface area (Å²) in [6.45, 7) is 2.01. The van der Waals surface area contributed by atoms with E-state index in [0.717, 1.165) is 25.7 Å². The molecule has 1 aromatic carbocycles. The van der Waals surface area contributed by atoms with Gasteiger partial charge in [0.05, 0.1) is 24.2 Å². The number of anilines is 1. The molecule has 1 saturated heterocycles. The van der Waals surface area contributed by atoms with Crippen molar-refractivity contribution in [2.75, 3.05) is 38.7 Å². The number of hydrogen-bond acceptors (Lipinski definition) is 6. The minimum Gasteiger partial charge on any atom is -0.381 e. The third kappa shape index (κ3) is 4.31. The van der Waals surface area contributed by atoms with Crippen LogP contribution in [0.25, 0.3) is 0 Å². The Bertz CT molecular complexity index is 660. The lowest BCUT2D eigenvalue weighted by Crippen LogP contribution is -2.40. The number of hydrogen-bond donors (Lipinski definition) is 1. The zero-order valence-corrected chi connectivity index (χ0v) is 15.0. The summed E-state index contributed by atoms with van der Waals surface area (Å²) >= 11 is 0. The van der Waals surface area contributed by atoms with Gasteiger partial charge in [0.1, 0.15) is 5.69 Å². The molecule has 1 amide bonds. The molecule has 1 aliphatic carbocycles. The highest BCUT2D eigenvalue weighted by Crippen LogP contribution is 2.30. The third-order valence-electron chi connectivity index (χ3n) is 5.06. The van der Waals surface area contributed by atoms with Gasteiger partial charge in [-0.1, -0.05) is 0 Å². The van der Waals surface area contributed by atoms with Crippen LogP contribution in [0.15, 0.2) is 18.2 Å². The van der Waals surface area contributed by atoms with E-state index in [-0.39, 0.29) is 23.7 Å². The van der Waals surface area contributed by atoms with Gasteiger partial charge in [-0.05, 0) is 37.8 Å². The number of carbonyl (C=O) groups excluding carboxylic acids is 1. The number of benzene rings is 1. The predicted octanol–water partition coefficient (Wildman–Crippen LogP) is 2.44. The third-order valence-corrected chi connectivity index (χ3v) is 5.06. The van der Waals surface area contributed by atoms with Crippen molar-refractivity contribution in [2.24, 2.45) is 0 Å². The molecule has 3 rings (SSSR count). The summed E-state index contributed by atoms with van der Waals surface area (Å²) in [5.74, 6) is -0.194. The van der Waals surface area contributed by atoms with Gasteiger partial charge in [-0.15, -0.1) is 0 Å². The van der Waals surface area contributed by atoms with E-state index in [2.05, 4.69) is 5.32 Å². The van der Waals surface area contributed by atoms with Gasteiger partial charge < -0.3 is 19.7 Å². The van der Waals surface area contributed by atoms with Crippen LogP contribution in [0.1, 0.15) is 36.0 Å². The molecule has 0 spiro atoms. The van der Waals surface area contributed by atoms with Gasteiger partial charge in [0, 0.05) is 37.9 Å². The summed E-state index contributed by atoms with van der Waals surface area (Å²) in [5, 5.41) is 14.8. The second-order valence-corrected chi connectivity index (χ2v) is 6.76. The molecule has 0 aromatic heterocycles. The van der Waals surface area contributed by atoms with Gasteiger partial charge in [0.25, 0.3) is 11.6 Å². The minimum absolute atomic E-state index is 0.0661. The van der Waals surface area contributed by atoms with E-state index in [1.807, 2.05) is 0 Å². The SMILES string of the molecule is COC1CCCC(Nc2ccc(C(=O)N3CCOCC3)cc2[N+](=O)[O-])C1. The fourth-order valence-electron chi connectivity index (χ4n) is 3.60. The maximum Gasteiger partial charge on any atom is 0.293 e. The van der Waals surface area contributed by atoms with Crippen molar-refractivity contribution >= 4 is 17.3 Å². The predicted molar refractivity (Wildman–Crippen MR) is 96.5 cm³/mol. The van der Waals surface area contributed by atoms with Crippen molar-refractivity contribution in [2.45, 2.75) is 37.8 Å². The molecular weight excluding hydrogens is 338 g/mol. The van der Waals surface area contributed by atoms with Crippen LogP contribution in [0.4, 0.5) is 11.4 Å². The fourth-order valence-corrected chi connectivity index (χ4v) is 3.60. The second kappa shape index (κ2) is 8.46. The number of nitrogens with zero attached hydrogens (tertiary/aromatic N) is 2. The molecule has 1 saturated carbocycles. The summed E-state index contributed by atoms with van der Waals surface area (Å²) < 4.78 is 10.7. The van der Waals surface area contributed by atoms with E-state index in [4.69, 9.17) is 9.47 Å². The number of carbonyl (C=O) groups is 1. The molecule has 1 aromatic rings. The quantitative estimate of drug-likeness (QED) is 0.638. The number of ether oxygens (including phenoxy) is 2. The normalized spacial score (nSPS) is 23.5. The summed E-state index contributed by atoms with van der Waals surface area (Å²) in [6, 6.07) is 4.80. The zero-order valence-electron chi connectivity index (χ0n) is 15.0. The van der Waals surface area contributed by atoms with Crippen LogP contribution in [0.3, 0.4) is 0 Å². The van der Waals surface area contributed by atoms with Gasteiger partial charge in [0.15, 0.2) is 0 Å². The first-order valence-corrected chi connectivity index (χ1v) is 9.03. The van der Waals surface area contributed by atoms with Gasteiger partial charge in [-0.3, -0.25) is 14.9 Å². The molecule has 1 aliphatic heterocycles. The van der Waals surface area contributed by atoms with E-state index in [1.165, 1.54) is 6.07 Å². The Kier molecular flexibility index (Phi) is 6.05. The topological polar surface area (TPSA) is 93.9 Å². The van der Waals surface area contributed by atoms with Gasteiger partial charge in [-0.2, -0.15) is 0 Å². The highest BCUT2D eigenvalue weighted by Gasteiger charge is 2.26. The number of nitro groups is 1. The lowest BCUT2D eigenvalue weighted by molar-refractivity contribution is -0.384. The van der Waals surface area contributed by atoms with Crippen LogP contribution in [-0.4, -0.2) is 61.3 Å². The van der Waals surface area contributed by atoms with Crippen LogP contribution >= 0.6 is 0 Å². The number of morpholine rings is 1. The Morgan fingerprint density at radius 1 is 1.35 bits per heavy atom. The van der Waals surface area contributed by atoms with Gasteiger partial charge >= 0.3 is 0 Å². The minimum atomic E-state index is -0.435. The average Bonchev–Trinajstić information content (AvgIpc) is 2.68. The fraction of sp³-hybridized carbons (Fsp3) is 0.611. The summed E-state index contributed by atoms with van der Waals surface area (Å²) in [7, 11) is 1.70. The van der Waals surface area contributed by atoms with Crippen molar-refractivity contribution in [3.05, 3.63) is 33.9 Å². The Morgan fingerprint density at radius 2 is 2.12 bits per heavy atom. The standard InChI is InChI=1S/C18H25N3O5/c1-25-15-4-2-3-14(12-15)19-16-6-5-13(11-17(16)21(23)24)18(22)20-7-9-26-10-8-20/h5-6,11,14-15,19H,2-4,7-10,12H2,1H3. The first kappa shape index (κ1) is 18.6. The number of rotatable bonds is 5. The van der Waals surface area contributed by atoms with Crippen LogP contribution in [-0.2, 0) is 9.47 Å².